The summed E-state index contributed by atoms with van der Waals surface area (Å²) in [7, 11) is 1.51. The van der Waals surface area contributed by atoms with Gasteiger partial charge in [0, 0.05) is 11.2 Å². The topological polar surface area (TPSA) is 72.7 Å². The molecule has 3 aromatic heterocycles. The summed E-state index contributed by atoms with van der Waals surface area (Å²) >= 11 is 7.15. The standard InChI is InChI=1S/C18H12ClN3O3S/c1-25-13-6-5-10(19)8-12(13)20-16(23)14-9-11-17(26-14)21-15-4-2-3-7-22(15)18(11)24/h2-9H,1H3,(H,20,23). The van der Waals surface area contributed by atoms with Gasteiger partial charge in [-0.2, -0.15) is 0 Å². The van der Waals surface area contributed by atoms with E-state index in [0.29, 0.717) is 37.2 Å². The molecule has 0 saturated heterocycles. The molecule has 26 heavy (non-hydrogen) atoms. The van der Waals surface area contributed by atoms with Crippen molar-refractivity contribution in [2.24, 2.45) is 0 Å². The van der Waals surface area contributed by atoms with Crippen molar-refractivity contribution in [1.82, 2.24) is 9.38 Å². The molecule has 130 valence electrons. The minimum absolute atomic E-state index is 0.207. The number of ether oxygens (including phenoxy) is 1. The maximum atomic E-state index is 12.6. The zero-order valence-corrected chi connectivity index (χ0v) is 15.1. The van der Waals surface area contributed by atoms with E-state index in [1.165, 1.54) is 11.5 Å². The van der Waals surface area contributed by atoms with E-state index in [1.54, 1.807) is 48.7 Å². The highest BCUT2D eigenvalue weighted by atomic mass is 35.5. The molecule has 0 bridgehead atoms. The normalized spacial score (nSPS) is 11.0. The summed E-state index contributed by atoms with van der Waals surface area (Å²) in [6, 6.07) is 11.8. The second kappa shape index (κ2) is 6.44. The van der Waals surface area contributed by atoms with Gasteiger partial charge in [0.1, 0.15) is 16.2 Å². The first-order chi connectivity index (χ1) is 12.6. The lowest BCUT2D eigenvalue weighted by Gasteiger charge is -2.09. The summed E-state index contributed by atoms with van der Waals surface area (Å²) in [6.07, 6.45) is 1.65. The summed E-state index contributed by atoms with van der Waals surface area (Å²) in [4.78, 5) is 30.6. The summed E-state index contributed by atoms with van der Waals surface area (Å²) in [6.45, 7) is 0. The van der Waals surface area contributed by atoms with E-state index in [9.17, 15) is 9.59 Å². The average molecular weight is 386 g/mol. The number of halogens is 1. The Kier molecular flexibility index (Phi) is 4.10. The Morgan fingerprint density at radius 1 is 1.27 bits per heavy atom. The third-order valence-corrected chi connectivity index (χ3v) is 5.11. The number of fused-ring (bicyclic) bond motifs is 2. The molecule has 4 rings (SSSR count). The van der Waals surface area contributed by atoms with Gasteiger partial charge < -0.3 is 10.1 Å². The molecule has 3 heterocycles. The highest BCUT2D eigenvalue weighted by Gasteiger charge is 2.16. The predicted molar refractivity (Wildman–Crippen MR) is 103 cm³/mol. The molecule has 0 atom stereocenters. The van der Waals surface area contributed by atoms with Crippen LogP contribution in [0, 0.1) is 0 Å². The molecular formula is C18H12ClN3O3S. The highest BCUT2D eigenvalue weighted by Crippen LogP contribution is 2.29. The number of rotatable bonds is 3. The molecule has 0 aliphatic heterocycles. The minimum Gasteiger partial charge on any atom is -0.495 e. The molecule has 0 spiro atoms. The SMILES string of the molecule is COc1ccc(Cl)cc1NC(=O)c1cc2c(=O)n3ccccc3nc2s1. The van der Waals surface area contributed by atoms with Crippen LogP contribution in [-0.4, -0.2) is 22.4 Å². The van der Waals surface area contributed by atoms with Gasteiger partial charge in [-0.1, -0.05) is 17.7 Å². The first kappa shape index (κ1) is 16.6. The zero-order valence-electron chi connectivity index (χ0n) is 13.5. The molecular weight excluding hydrogens is 374 g/mol. The molecule has 0 saturated carbocycles. The second-order valence-corrected chi connectivity index (χ2v) is 6.94. The van der Waals surface area contributed by atoms with Crippen LogP contribution in [0.2, 0.25) is 5.02 Å². The van der Waals surface area contributed by atoms with Crippen LogP contribution < -0.4 is 15.6 Å². The van der Waals surface area contributed by atoms with Crippen LogP contribution in [0.4, 0.5) is 5.69 Å². The van der Waals surface area contributed by atoms with Crippen molar-refractivity contribution in [1.29, 1.82) is 0 Å². The number of hydrogen-bond donors (Lipinski definition) is 1. The van der Waals surface area contributed by atoms with E-state index in [-0.39, 0.29) is 11.5 Å². The van der Waals surface area contributed by atoms with Crippen molar-refractivity contribution >= 4 is 50.4 Å². The van der Waals surface area contributed by atoms with Crippen molar-refractivity contribution < 1.29 is 9.53 Å². The molecule has 1 amide bonds. The number of benzene rings is 1. The fourth-order valence-corrected chi connectivity index (χ4v) is 3.72. The van der Waals surface area contributed by atoms with E-state index >= 15 is 0 Å². The summed E-state index contributed by atoms with van der Waals surface area (Å²) in [5, 5.41) is 3.65. The van der Waals surface area contributed by atoms with Crippen LogP contribution in [0.3, 0.4) is 0 Å². The Labute approximate surface area is 156 Å². The summed E-state index contributed by atoms with van der Waals surface area (Å²) in [5.41, 5.74) is 0.786. The molecule has 0 radical (unpaired) electrons. The molecule has 0 aliphatic carbocycles. The molecule has 8 heteroatoms. The number of hydrogen-bond acceptors (Lipinski definition) is 5. The van der Waals surface area contributed by atoms with Crippen LogP contribution in [0.15, 0.2) is 53.5 Å². The first-order valence-electron chi connectivity index (χ1n) is 7.62. The molecule has 1 N–H and O–H groups in total. The summed E-state index contributed by atoms with van der Waals surface area (Å²) < 4.78 is 6.69. The zero-order chi connectivity index (χ0) is 18.3. The maximum absolute atomic E-state index is 12.6. The lowest BCUT2D eigenvalue weighted by molar-refractivity contribution is 0.103. The number of carbonyl (C=O) groups is 1. The van der Waals surface area contributed by atoms with Gasteiger partial charge in [0.2, 0.25) is 0 Å². The van der Waals surface area contributed by atoms with Gasteiger partial charge in [-0.15, -0.1) is 11.3 Å². The third-order valence-electron chi connectivity index (χ3n) is 3.85. The van der Waals surface area contributed by atoms with Crippen molar-refractivity contribution in [3.05, 3.63) is 68.9 Å². The van der Waals surface area contributed by atoms with Crippen LogP contribution in [0.25, 0.3) is 15.9 Å². The Morgan fingerprint density at radius 2 is 2.12 bits per heavy atom. The molecule has 0 unspecified atom stereocenters. The Bertz CT molecular complexity index is 1220. The lowest BCUT2D eigenvalue weighted by Crippen LogP contribution is -2.13. The molecule has 4 aromatic rings. The molecule has 6 nitrogen and oxygen atoms in total. The van der Waals surface area contributed by atoms with Crippen LogP contribution >= 0.6 is 22.9 Å². The van der Waals surface area contributed by atoms with Crippen molar-refractivity contribution in [2.45, 2.75) is 0 Å². The molecule has 0 fully saturated rings. The third kappa shape index (κ3) is 2.81. The number of carbonyl (C=O) groups excluding carboxylic acids is 1. The Morgan fingerprint density at radius 3 is 2.92 bits per heavy atom. The number of methoxy groups -OCH3 is 1. The van der Waals surface area contributed by atoms with Gasteiger partial charge in [-0.3, -0.25) is 14.0 Å². The smallest absolute Gasteiger partial charge is 0.266 e. The molecule has 0 aliphatic rings. The van der Waals surface area contributed by atoms with E-state index in [2.05, 4.69) is 10.3 Å². The van der Waals surface area contributed by atoms with E-state index in [0.717, 1.165) is 11.3 Å². The van der Waals surface area contributed by atoms with Gasteiger partial charge in [-0.05, 0) is 36.4 Å². The largest absolute Gasteiger partial charge is 0.495 e. The Hall–Kier alpha value is -2.90. The fraction of sp³-hybridized carbons (Fsp3) is 0.0556. The lowest BCUT2D eigenvalue weighted by atomic mass is 10.2. The number of nitrogens with zero attached hydrogens (tertiary/aromatic N) is 2. The first-order valence-corrected chi connectivity index (χ1v) is 8.82. The number of aromatic nitrogens is 2. The van der Waals surface area contributed by atoms with Gasteiger partial charge in [0.15, 0.2) is 0 Å². The number of anilines is 1. The van der Waals surface area contributed by atoms with Gasteiger partial charge >= 0.3 is 0 Å². The predicted octanol–water partition coefficient (Wildman–Crippen LogP) is 3.82. The van der Waals surface area contributed by atoms with Crippen molar-refractivity contribution in [3.63, 3.8) is 0 Å². The van der Waals surface area contributed by atoms with E-state index < -0.39 is 0 Å². The number of nitrogens with one attached hydrogen (secondary N) is 1. The van der Waals surface area contributed by atoms with Gasteiger partial charge in [0.25, 0.3) is 11.5 Å². The molecule has 1 aromatic carbocycles. The number of pyridine rings is 1. The van der Waals surface area contributed by atoms with E-state index in [1.807, 2.05) is 0 Å². The Balaban J connectivity index is 1.76. The van der Waals surface area contributed by atoms with Gasteiger partial charge in [0.05, 0.1) is 23.1 Å². The number of amides is 1. The van der Waals surface area contributed by atoms with Crippen LogP contribution in [0.1, 0.15) is 9.67 Å². The quantitative estimate of drug-likeness (QED) is 0.581. The average Bonchev–Trinajstić information content (AvgIpc) is 3.07. The monoisotopic (exact) mass is 385 g/mol. The van der Waals surface area contributed by atoms with Gasteiger partial charge in [-0.25, -0.2) is 4.98 Å². The minimum atomic E-state index is -0.359. The van der Waals surface area contributed by atoms with Crippen LogP contribution in [-0.2, 0) is 0 Å². The number of thiophene rings is 1. The van der Waals surface area contributed by atoms with E-state index in [4.69, 9.17) is 16.3 Å². The summed E-state index contributed by atoms with van der Waals surface area (Å²) in [5.74, 6) is 0.134. The van der Waals surface area contributed by atoms with Crippen LogP contribution in [0.5, 0.6) is 5.75 Å². The van der Waals surface area contributed by atoms with Crippen molar-refractivity contribution in [3.8, 4) is 5.75 Å². The maximum Gasteiger partial charge on any atom is 0.266 e. The fourth-order valence-electron chi connectivity index (χ4n) is 2.62. The second-order valence-electron chi connectivity index (χ2n) is 5.47. The van der Waals surface area contributed by atoms with Crippen molar-refractivity contribution in [2.75, 3.05) is 12.4 Å². The highest BCUT2D eigenvalue weighted by molar-refractivity contribution is 7.20.